The van der Waals surface area contributed by atoms with Crippen molar-refractivity contribution in [1.82, 2.24) is 5.48 Å². The van der Waals surface area contributed by atoms with E-state index in [2.05, 4.69) is 5.48 Å². The number of nitrogens with two attached hydrogens (primary N) is 1. The highest BCUT2D eigenvalue weighted by Gasteiger charge is 2.09. The number of unbranched alkanes of at least 4 members (excludes halogenated alkanes) is 1. The van der Waals surface area contributed by atoms with Crippen LogP contribution in [0.5, 0.6) is 0 Å². The Bertz CT molecular complexity index is 135. The summed E-state index contributed by atoms with van der Waals surface area (Å²) in [7, 11) is 0. The van der Waals surface area contributed by atoms with Crippen molar-refractivity contribution in [2.24, 2.45) is 5.73 Å². The van der Waals surface area contributed by atoms with Crippen LogP contribution in [0.15, 0.2) is 0 Å². The van der Waals surface area contributed by atoms with E-state index in [1.807, 2.05) is 20.8 Å². The van der Waals surface area contributed by atoms with E-state index < -0.39 is 0 Å². The first-order valence-electron chi connectivity index (χ1n) is 5.23. The van der Waals surface area contributed by atoms with Gasteiger partial charge in [0.25, 0.3) is 0 Å². The third-order valence-electron chi connectivity index (χ3n) is 1.72. The van der Waals surface area contributed by atoms with Crippen molar-refractivity contribution in [2.45, 2.75) is 51.7 Å². The Hall–Kier alpha value is -0.160. The van der Waals surface area contributed by atoms with Crippen molar-refractivity contribution < 1.29 is 9.94 Å². The molecule has 0 heterocycles. The van der Waals surface area contributed by atoms with Crippen LogP contribution >= 0.6 is 0 Å². The molecule has 0 radical (unpaired) electrons. The summed E-state index contributed by atoms with van der Waals surface area (Å²) in [5, 5.41) is 8.68. The molecule has 0 rings (SSSR count). The molecule has 0 saturated carbocycles. The molecule has 0 fully saturated rings. The average molecular weight is 204 g/mol. The summed E-state index contributed by atoms with van der Waals surface area (Å²) in [4.78, 5) is 5.33. The second-order valence-electron chi connectivity index (χ2n) is 4.55. The van der Waals surface area contributed by atoms with E-state index in [-0.39, 0.29) is 18.2 Å². The van der Waals surface area contributed by atoms with Gasteiger partial charge in [-0.15, -0.1) is 0 Å². The van der Waals surface area contributed by atoms with E-state index in [9.17, 15) is 0 Å². The van der Waals surface area contributed by atoms with Gasteiger partial charge in [-0.1, -0.05) is 6.42 Å². The van der Waals surface area contributed by atoms with Crippen molar-refractivity contribution in [3.8, 4) is 0 Å². The highest BCUT2D eigenvalue weighted by molar-refractivity contribution is 4.59. The maximum atomic E-state index is 8.68. The minimum atomic E-state index is -0.137. The van der Waals surface area contributed by atoms with E-state index in [1.165, 1.54) is 0 Å². The van der Waals surface area contributed by atoms with Crippen LogP contribution in [0, 0.1) is 0 Å². The van der Waals surface area contributed by atoms with Crippen LogP contribution in [0.2, 0.25) is 0 Å². The molecule has 0 bridgehead atoms. The molecule has 0 aliphatic carbocycles. The summed E-state index contributed by atoms with van der Waals surface area (Å²) in [5.41, 5.74) is 8.33. The Morgan fingerprint density at radius 1 is 1.36 bits per heavy atom. The third kappa shape index (κ3) is 9.92. The number of hydrogen-bond acceptors (Lipinski definition) is 4. The van der Waals surface area contributed by atoms with Gasteiger partial charge in [-0.25, -0.2) is 5.48 Å². The molecule has 1 unspecified atom stereocenters. The van der Waals surface area contributed by atoms with Gasteiger partial charge in [0.05, 0.1) is 12.2 Å². The Labute approximate surface area is 86.8 Å². The Kier molecular flexibility index (Phi) is 7.09. The molecular formula is C10H24N2O2. The van der Waals surface area contributed by atoms with Gasteiger partial charge >= 0.3 is 0 Å². The zero-order chi connectivity index (χ0) is 11.0. The average Bonchev–Trinajstić information content (AvgIpc) is 2.08. The first-order valence-corrected chi connectivity index (χ1v) is 5.23. The van der Waals surface area contributed by atoms with Gasteiger partial charge in [0, 0.05) is 12.6 Å². The number of nitrogens with one attached hydrogen (secondary N) is 1. The lowest BCUT2D eigenvalue weighted by Crippen LogP contribution is -2.30. The molecule has 0 amide bonds. The van der Waals surface area contributed by atoms with Crippen LogP contribution in [0.1, 0.15) is 40.0 Å². The zero-order valence-electron chi connectivity index (χ0n) is 9.55. The molecule has 0 aromatic rings. The van der Waals surface area contributed by atoms with Gasteiger partial charge in [0.15, 0.2) is 0 Å². The maximum absolute atomic E-state index is 8.68. The lowest BCUT2D eigenvalue weighted by Gasteiger charge is -2.19. The van der Waals surface area contributed by atoms with Gasteiger partial charge in [-0.05, 0) is 33.6 Å². The van der Waals surface area contributed by atoms with Crippen LogP contribution in [-0.4, -0.2) is 29.9 Å². The molecule has 0 spiro atoms. The monoisotopic (exact) mass is 204 g/mol. The maximum Gasteiger partial charge on any atom is 0.0812 e. The summed E-state index contributed by atoms with van der Waals surface area (Å²) >= 11 is 0. The number of rotatable bonds is 7. The molecule has 0 aromatic heterocycles. The summed E-state index contributed by atoms with van der Waals surface area (Å²) in [5.74, 6) is 0. The zero-order valence-corrected chi connectivity index (χ0v) is 9.55. The van der Waals surface area contributed by atoms with Crippen LogP contribution in [0.3, 0.4) is 0 Å². The fourth-order valence-electron chi connectivity index (χ4n) is 0.963. The SMILES string of the molecule is CC(C)(C)ONCCCCC(N)CO. The number of hydrogen-bond donors (Lipinski definition) is 3. The third-order valence-corrected chi connectivity index (χ3v) is 1.72. The quantitative estimate of drug-likeness (QED) is 0.424. The van der Waals surface area contributed by atoms with Crippen molar-refractivity contribution in [2.75, 3.05) is 13.2 Å². The van der Waals surface area contributed by atoms with Gasteiger partial charge in [0.2, 0.25) is 0 Å². The van der Waals surface area contributed by atoms with Crippen molar-refractivity contribution in [1.29, 1.82) is 0 Å². The number of hydroxylamine groups is 1. The van der Waals surface area contributed by atoms with Crippen LogP contribution in [-0.2, 0) is 4.84 Å². The smallest absolute Gasteiger partial charge is 0.0812 e. The van der Waals surface area contributed by atoms with Gasteiger partial charge in [-0.2, -0.15) is 0 Å². The highest BCUT2D eigenvalue weighted by atomic mass is 16.7. The van der Waals surface area contributed by atoms with Gasteiger partial charge in [0.1, 0.15) is 0 Å². The highest BCUT2D eigenvalue weighted by Crippen LogP contribution is 2.04. The fourth-order valence-corrected chi connectivity index (χ4v) is 0.963. The minimum absolute atomic E-state index is 0.0708. The van der Waals surface area contributed by atoms with E-state index >= 15 is 0 Å². The molecule has 4 N–H and O–H groups in total. The molecule has 0 aromatic carbocycles. The molecule has 0 aliphatic rings. The Morgan fingerprint density at radius 2 is 2.00 bits per heavy atom. The normalized spacial score (nSPS) is 14.4. The molecule has 0 aliphatic heterocycles. The molecule has 86 valence electrons. The summed E-state index contributed by atoms with van der Waals surface area (Å²) < 4.78 is 0. The van der Waals surface area contributed by atoms with Crippen molar-refractivity contribution >= 4 is 0 Å². The molecule has 0 saturated heterocycles. The van der Waals surface area contributed by atoms with E-state index in [1.54, 1.807) is 0 Å². The molecule has 4 nitrogen and oxygen atoms in total. The summed E-state index contributed by atoms with van der Waals surface area (Å²) in [6.45, 7) is 6.91. The number of aliphatic hydroxyl groups is 1. The van der Waals surface area contributed by atoms with Crippen LogP contribution < -0.4 is 11.2 Å². The topological polar surface area (TPSA) is 67.5 Å². The lowest BCUT2D eigenvalue weighted by atomic mass is 10.1. The van der Waals surface area contributed by atoms with E-state index in [4.69, 9.17) is 15.7 Å². The molecule has 14 heavy (non-hydrogen) atoms. The Balaban J connectivity index is 3.14. The lowest BCUT2D eigenvalue weighted by molar-refractivity contribution is -0.0726. The second-order valence-corrected chi connectivity index (χ2v) is 4.55. The standard InChI is InChI=1S/C10H24N2O2/c1-10(2,3)14-12-7-5-4-6-9(11)8-13/h9,12-13H,4-8,11H2,1-3H3. The van der Waals surface area contributed by atoms with Crippen LogP contribution in [0.4, 0.5) is 0 Å². The largest absolute Gasteiger partial charge is 0.395 e. The Morgan fingerprint density at radius 3 is 2.50 bits per heavy atom. The first kappa shape index (κ1) is 13.8. The first-order chi connectivity index (χ1) is 6.45. The molecular weight excluding hydrogens is 180 g/mol. The minimum Gasteiger partial charge on any atom is -0.395 e. The van der Waals surface area contributed by atoms with E-state index in [0.29, 0.717) is 0 Å². The predicted octanol–water partition coefficient (Wildman–Crippen LogP) is 0.796. The predicted molar refractivity (Wildman–Crippen MR) is 57.8 cm³/mol. The summed E-state index contributed by atoms with van der Waals surface area (Å²) in [6, 6.07) is -0.0708. The van der Waals surface area contributed by atoms with Crippen LogP contribution in [0.25, 0.3) is 0 Å². The second kappa shape index (κ2) is 7.17. The van der Waals surface area contributed by atoms with E-state index in [0.717, 1.165) is 25.8 Å². The fraction of sp³-hybridized carbons (Fsp3) is 1.00. The van der Waals surface area contributed by atoms with Gasteiger partial charge < -0.3 is 10.8 Å². The van der Waals surface area contributed by atoms with Crippen molar-refractivity contribution in [3.05, 3.63) is 0 Å². The van der Waals surface area contributed by atoms with Gasteiger partial charge in [-0.3, -0.25) is 4.84 Å². The molecule has 1 atom stereocenters. The molecule has 4 heteroatoms. The van der Waals surface area contributed by atoms with Crippen molar-refractivity contribution in [3.63, 3.8) is 0 Å². The number of aliphatic hydroxyl groups excluding tert-OH is 1. The summed E-state index contributed by atoms with van der Waals surface area (Å²) in [6.07, 6.45) is 2.90.